The van der Waals surface area contributed by atoms with E-state index in [0.29, 0.717) is 24.5 Å². The lowest BCUT2D eigenvalue weighted by Crippen LogP contribution is -2.44. The molecule has 1 aromatic rings. The predicted molar refractivity (Wildman–Crippen MR) is 70.0 cm³/mol. The highest BCUT2D eigenvalue weighted by molar-refractivity contribution is 7.89. The van der Waals surface area contributed by atoms with E-state index in [-0.39, 0.29) is 10.8 Å². The van der Waals surface area contributed by atoms with Crippen LogP contribution in [0.5, 0.6) is 0 Å². The molecule has 0 aromatic heterocycles. The second-order valence-electron chi connectivity index (χ2n) is 4.65. The van der Waals surface area contributed by atoms with Gasteiger partial charge < -0.3 is 5.11 Å². The minimum atomic E-state index is -3.47. The molecule has 1 aromatic carbocycles. The maximum absolute atomic E-state index is 12.4. The Balaban J connectivity index is 2.24. The normalized spacial score (nSPS) is 26.2. The number of sulfonamides is 1. The fourth-order valence-corrected chi connectivity index (χ4v) is 3.75. The Labute approximate surface area is 112 Å². The van der Waals surface area contributed by atoms with Crippen LogP contribution in [0, 0.1) is 5.92 Å². The Morgan fingerprint density at radius 2 is 1.94 bits per heavy atom. The first-order valence-corrected chi connectivity index (χ1v) is 7.67. The molecule has 1 aliphatic rings. The third-order valence-corrected chi connectivity index (χ3v) is 5.41. The molecule has 1 N–H and O–H groups in total. The lowest BCUT2D eigenvalue weighted by atomic mass is 9.99. The van der Waals surface area contributed by atoms with Gasteiger partial charge in [-0.15, -0.1) is 0 Å². The summed E-state index contributed by atoms with van der Waals surface area (Å²) in [7, 11) is -3.47. The molecule has 1 saturated heterocycles. The number of hydrogen-bond donors (Lipinski definition) is 1. The van der Waals surface area contributed by atoms with Crippen molar-refractivity contribution in [2.24, 2.45) is 5.92 Å². The Hall–Kier alpha value is -0.620. The molecule has 2 unspecified atom stereocenters. The quantitative estimate of drug-likeness (QED) is 0.902. The molecule has 2 rings (SSSR count). The summed E-state index contributed by atoms with van der Waals surface area (Å²) in [5.41, 5.74) is 0. The second kappa shape index (κ2) is 5.17. The summed E-state index contributed by atoms with van der Waals surface area (Å²) in [6.45, 7) is 2.57. The van der Waals surface area contributed by atoms with E-state index in [2.05, 4.69) is 0 Å². The highest BCUT2D eigenvalue weighted by atomic mass is 35.5. The summed E-state index contributed by atoms with van der Waals surface area (Å²) < 4.78 is 26.1. The Kier molecular flexibility index (Phi) is 3.96. The molecule has 0 bridgehead atoms. The number of aliphatic hydroxyl groups is 1. The van der Waals surface area contributed by atoms with Crippen LogP contribution in [-0.4, -0.2) is 37.0 Å². The van der Waals surface area contributed by atoms with Crippen LogP contribution in [0.15, 0.2) is 29.2 Å². The molecule has 0 aliphatic carbocycles. The molecular weight excluding hydrogens is 274 g/mol. The highest BCUT2D eigenvalue weighted by Crippen LogP contribution is 2.24. The van der Waals surface area contributed by atoms with Crippen molar-refractivity contribution in [1.29, 1.82) is 0 Å². The minimum absolute atomic E-state index is 0.0409. The van der Waals surface area contributed by atoms with Crippen LogP contribution in [0.1, 0.15) is 13.3 Å². The van der Waals surface area contributed by atoms with Crippen LogP contribution in [0.2, 0.25) is 5.02 Å². The van der Waals surface area contributed by atoms with Gasteiger partial charge in [-0.3, -0.25) is 0 Å². The Bertz CT molecular complexity index is 515. The lowest BCUT2D eigenvalue weighted by molar-refractivity contribution is 0.0628. The van der Waals surface area contributed by atoms with E-state index in [1.807, 2.05) is 6.92 Å². The summed E-state index contributed by atoms with van der Waals surface area (Å²) in [6, 6.07) is 6.15. The standard InChI is InChI=1S/C12H16ClNO3S/c1-9-8-14(7-6-12(9)15)18(16,17)11-4-2-10(13)3-5-11/h2-5,9,12,15H,6-8H2,1H3. The zero-order valence-corrected chi connectivity index (χ0v) is 11.7. The molecule has 6 heteroatoms. The first-order valence-electron chi connectivity index (χ1n) is 5.85. The van der Waals surface area contributed by atoms with Crippen molar-refractivity contribution in [3.8, 4) is 0 Å². The maximum atomic E-state index is 12.4. The van der Waals surface area contributed by atoms with Crippen LogP contribution in [-0.2, 0) is 10.0 Å². The van der Waals surface area contributed by atoms with Crippen LogP contribution >= 0.6 is 11.6 Å². The number of hydrogen-bond acceptors (Lipinski definition) is 3. The van der Waals surface area contributed by atoms with E-state index in [1.54, 1.807) is 12.1 Å². The number of rotatable bonds is 2. The van der Waals surface area contributed by atoms with Crippen LogP contribution in [0.4, 0.5) is 0 Å². The van der Waals surface area contributed by atoms with Gasteiger partial charge in [0.2, 0.25) is 10.0 Å². The van der Waals surface area contributed by atoms with E-state index in [9.17, 15) is 13.5 Å². The zero-order chi connectivity index (χ0) is 13.3. The first-order chi connectivity index (χ1) is 8.41. The van der Waals surface area contributed by atoms with Crippen molar-refractivity contribution < 1.29 is 13.5 Å². The van der Waals surface area contributed by atoms with Crippen LogP contribution in [0.25, 0.3) is 0 Å². The fraction of sp³-hybridized carbons (Fsp3) is 0.500. The Morgan fingerprint density at radius 1 is 1.33 bits per heavy atom. The minimum Gasteiger partial charge on any atom is -0.393 e. The average molecular weight is 290 g/mol. The van der Waals surface area contributed by atoms with Gasteiger partial charge in [-0.1, -0.05) is 18.5 Å². The SMILES string of the molecule is CC1CN(S(=O)(=O)c2ccc(Cl)cc2)CCC1O. The molecule has 18 heavy (non-hydrogen) atoms. The first kappa shape index (κ1) is 13.8. The van der Waals surface area contributed by atoms with Crippen molar-refractivity contribution in [3.05, 3.63) is 29.3 Å². The summed E-state index contributed by atoms with van der Waals surface area (Å²) >= 11 is 5.75. The molecule has 1 aliphatic heterocycles. The fourth-order valence-electron chi connectivity index (χ4n) is 2.07. The number of nitrogens with zero attached hydrogens (tertiary/aromatic N) is 1. The average Bonchev–Trinajstić information content (AvgIpc) is 2.33. The molecule has 0 spiro atoms. The van der Waals surface area contributed by atoms with Gasteiger partial charge in [0.1, 0.15) is 0 Å². The number of benzene rings is 1. The molecule has 1 fully saturated rings. The maximum Gasteiger partial charge on any atom is 0.243 e. The summed E-state index contributed by atoms with van der Waals surface area (Å²) in [5.74, 6) is -0.0409. The van der Waals surface area contributed by atoms with Gasteiger partial charge in [0.25, 0.3) is 0 Å². The molecule has 4 nitrogen and oxygen atoms in total. The van der Waals surface area contributed by atoms with Gasteiger partial charge >= 0.3 is 0 Å². The molecule has 0 amide bonds. The van der Waals surface area contributed by atoms with Gasteiger partial charge in [0.05, 0.1) is 11.0 Å². The summed E-state index contributed by atoms with van der Waals surface area (Å²) in [4.78, 5) is 0.246. The van der Waals surface area contributed by atoms with E-state index in [0.717, 1.165) is 0 Å². The zero-order valence-electron chi connectivity index (χ0n) is 10.1. The van der Waals surface area contributed by atoms with Gasteiger partial charge in [-0.05, 0) is 36.6 Å². The van der Waals surface area contributed by atoms with Crippen molar-refractivity contribution >= 4 is 21.6 Å². The lowest BCUT2D eigenvalue weighted by Gasteiger charge is -2.33. The molecule has 0 radical (unpaired) electrons. The van der Waals surface area contributed by atoms with E-state index >= 15 is 0 Å². The highest BCUT2D eigenvalue weighted by Gasteiger charge is 2.32. The van der Waals surface area contributed by atoms with Crippen molar-refractivity contribution in [2.45, 2.75) is 24.3 Å². The van der Waals surface area contributed by atoms with Crippen molar-refractivity contribution in [1.82, 2.24) is 4.31 Å². The monoisotopic (exact) mass is 289 g/mol. The molecule has 100 valence electrons. The Morgan fingerprint density at radius 3 is 2.50 bits per heavy atom. The van der Waals surface area contributed by atoms with E-state index < -0.39 is 16.1 Å². The van der Waals surface area contributed by atoms with Crippen molar-refractivity contribution in [2.75, 3.05) is 13.1 Å². The topological polar surface area (TPSA) is 57.6 Å². The largest absolute Gasteiger partial charge is 0.393 e. The van der Waals surface area contributed by atoms with Crippen LogP contribution in [0.3, 0.4) is 0 Å². The van der Waals surface area contributed by atoms with Gasteiger partial charge in [0.15, 0.2) is 0 Å². The molecule has 1 heterocycles. The third kappa shape index (κ3) is 2.69. The number of piperidine rings is 1. The smallest absolute Gasteiger partial charge is 0.243 e. The van der Waals surface area contributed by atoms with Crippen LogP contribution < -0.4 is 0 Å². The second-order valence-corrected chi connectivity index (χ2v) is 7.02. The van der Waals surface area contributed by atoms with E-state index in [1.165, 1.54) is 16.4 Å². The molecular formula is C12H16ClNO3S. The predicted octanol–water partition coefficient (Wildman–Crippen LogP) is 1.73. The third-order valence-electron chi connectivity index (χ3n) is 3.27. The van der Waals surface area contributed by atoms with Crippen molar-refractivity contribution in [3.63, 3.8) is 0 Å². The van der Waals surface area contributed by atoms with Gasteiger partial charge in [-0.25, -0.2) is 8.42 Å². The van der Waals surface area contributed by atoms with E-state index in [4.69, 9.17) is 11.6 Å². The van der Waals surface area contributed by atoms with Gasteiger partial charge in [-0.2, -0.15) is 4.31 Å². The number of halogens is 1. The summed E-state index contributed by atoms with van der Waals surface area (Å²) in [6.07, 6.45) is 0.0650. The molecule has 2 atom stereocenters. The van der Waals surface area contributed by atoms with Gasteiger partial charge in [0, 0.05) is 18.1 Å². The summed E-state index contributed by atoms with van der Waals surface area (Å²) in [5, 5.41) is 10.1. The molecule has 0 saturated carbocycles. The number of aliphatic hydroxyl groups excluding tert-OH is 1.